The molecule has 0 fully saturated rings. The van der Waals surface area contributed by atoms with Crippen molar-refractivity contribution in [3.63, 3.8) is 0 Å². The van der Waals surface area contributed by atoms with E-state index in [-0.39, 0.29) is 6.04 Å². The molecule has 0 aromatic rings. The van der Waals surface area contributed by atoms with Crippen LogP contribution in [0.1, 0.15) is 41.0 Å². The van der Waals surface area contributed by atoms with Crippen LogP contribution in [0.25, 0.3) is 0 Å². The molecular weight excluding hydrogens is 182 g/mol. The van der Waals surface area contributed by atoms with E-state index in [0.717, 1.165) is 0 Å². The van der Waals surface area contributed by atoms with E-state index in [9.17, 15) is 4.79 Å². The number of hydrogen-bond acceptors (Lipinski definition) is 3. The van der Waals surface area contributed by atoms with Gasteiger partial charge in [0.1, 0.15) is 5.60 Å². The Hall–Kier alpha value is -0.770. The Balaban J connectivity index is 3.83. The molecule has 0 aromatic carbocycles. The Morgan fingerprint density at radius 1 is 1.43 bits per heavy atom. The van der Waals surface area contributed by atoms with Crippen molar-refractivity contribution < 1.29 is 14.6 Å². The van der Waals surface area contributed by atoms with Gasteiger partial charge in [-0.25, -0.2) is 4.79 Å². The zero-order chi connectivity index (χ0) is 11.4. The van der Waals surface area contributed by atoms with E-state index in [1.54, 1.807) is 6.92 Å². The molecule has 1 amide bonds. The summed E-state index contributed by atoms with van der Waals surface area (Å²) < 4.78 is 5.06. The molecule has 0 saturated heterocycles. The van der Waals surface area contributed by atoms with Gasteiger partial charge in [-0.1, -0.05) is 0 Å². The summed E-state index contributed by atoms with van der Waals surface area (Å²) in [5.74, 6) is 0. The molecule has 0 unspecified atom stereocenters. The molecule has 0 bridgehead atoms. The van der Waals surface area contributed by atoms with E-state index in [1.807, 2.05) is 27.7 Å². The SMILES string of the molecule is C[C@H](O)C[C@@H](C)NC(=O)OC(C)(C)C. The lowest BCUT2D eigenvalue weighted by Crippen LogP contribution is -2.38. The van der Waals surface area contributed by atoms with Gasteiger partial charge in [-0.15, -0.1) is 0 Å². The van der Waals surface area contributed by atoms with Crippen molar-refractivity contribution in [1.29, 1.82) is 0 Å². The molecule has 14 heavy (non-hydrogen) atoms. The third kappa shape index (κ3) is 7.86. The van der Waals surface area contributed by atoms with Crippen molar-refractivity contribution in [3.05, 3.63) is 0 Å². The molecule has 0 aliphatic carbocycles. The van der Waals surface area contributed by atoms with Gasteiger partial charge >= 0.3 is 6.09 Å². The number of amides is 1. The van der Waals surface area contributed by atoms with Crippen molar-refractivity contribution in [3.8, 4) is 0 Å². The molecule has 0 aliphatic rings. The Labute approximate surface area is 85.6 Å². The fraction of sp³-hybridized carbons (Fsp3) is 0.900. The van der Waals surface area contributed by atoms with Crippen molar-refractivity contribution >= 4 is 6.09 Å². The van der Waals surface area contributed by atoms with E-state index >= 15 is 0 Å². The largest absolute Gasteiger partial charge is 0.444 e. The summed E-state index contributed by atoms with van der Waals surface area (Å²) in [6, 6.07) is -0.0788. The predicted molar refractivity (Wildman–Crippen MR) is 55.1 cm³/mol. The number of carbonyl (C=O) groups is 1. The molecule has 4 heteroatoms. The molecule has 2 N–H and O–H groups in total. The Bertz CT molecular complexity index is 184. The number of carbonyl (C=O) groups excluding carboxylic acids is 1. The molecule has 0 rings (SSSR count). The number of ether oxygens (including phenoxy) is 1. The molecule has 0 spiro atoms. The monoisotopic (exact) mass is 203 g/mol. The van der Waals surface area contributed by atoms with Crippen LogP contribution in [0.3, 0.4) is 0 Å². The summed E-state index contributed by atoms with van der Waals surface area (Å²) in [5.41, 5.74) is -0.478. The van der Waals surface area contributed by atoms with Crippen LogP contribution in [0, 0.1) is 0 Å². The third-order valence-corrected chi connectivity index (χ3v) is 1.46. The zero-order valence-corrected chi connectivity index (χ0v) is 9.63. The highest BCUT2D eigenvalue weighted by Crippen LogP contribution is 2.07. The quantitative estimate of drug-likeness (QED) is 0.733. The van der Waals surface area contributed by atoms with Crippen molar-refractivity contribution in [1.82, 2.24) is 5.32 Å². The van der Waals surface area contributed by atoms with E-state index in [4.69, 9.17) is 9.84 Å². The summed E-state index contributed by atoms with van der Waals surface area (Å²) in [4.78, 5) is 11.2. The van der Waals surface area contributed by atoms with Crippen LogP contribution in [0.2, 0.25) is 0 Å². The fourth-order valence-corrected chi connectivity index (χ4v) is 1.08. The van der Waals surface area contributed by atoms with Gasteiger partial charge in [0.25, 0.3) is 0 Å². The minimum Gasteiger partial charge on any atom is -0.444 e. The van der Waals surface area contributed by atoms with Gasteiger partial charge in [-0.3, -0.25) is 0 Å². The summed E-state index contributed by atoms with van der Waals surface area (Å²) in [6.07, 6.45) is -0.329. The van der Waals surface area contributed by atoms with Gasteiger partial charge in [-0.05, 0) is 41.0 Å². The minimum absolute atomic E-state index is 0.0788. The second kappa shape index (κ2) is 5.20. The van der Waals surface area contributed by atoms with Gasteiger partial charge < -0.3 is 15.2 Å². The first-order chi connectivity index (χ1) is 6.20. The Morgan fingerprint density at radius 3 is 2.29 bits per heavy atom. The van der Waals surface area contributed by atoms with Crippen molar-refractivity contribution in [2.24, 2.45) is 0 Å². The average Bonchev–Trinajstić information content (AvgIpc) is 1.77. The summed E-state index contributed by atoms with van der Waals surface area (Å²) in [7, 11) is 0. The standard InChI is InChI=1S/C10H21NO3/c1-7(6-8(2)12)11-9(13)14-10(3,4)5/h7-8,12H,6H2,1-5H3,(H,11,13)/t7-,8+/m1/s1. The summed E-state index contributed by atoms with van der Waals surface area (Å²) >= 11 is 0. The highest BCUT2D eigenvalue weighted by molar-refractivity contribution is 5.67. The molecule has 0 aromatic heterocycles. The highest BCUT2D eigenvalue weighted by atomic mass is 16.6. The van der Waals surface area contributed by atoms with Gasteiger partial charge in [0.05, 0.1) is 6.10 Å². The lowest BCUT2D eigenvalue weighted by atomic mass is 10.1. The zero-order valence-electron chi connectivity index (χ0n) is 9.63. The molecule has 0 aliphatic heterocycles. The van der Waals surface area contributed by atoms with E-state index in [1.165, 1.54) is 0 Å². The van der Waals surface area contributed by atoms with Crippen LogP contribution in [0.5, 0.6) is 0 Å². The van der Waals surface area contributed by atoms with Gasteiger partial charge in [0.2, 0.25) is 0 Å². The molecule has 84 valence electrons. The summed E-state index contributed by atoms with van der Waals surface area (Å²) in [6.45, 7) is 8.95. The maximum atomic E-state index is 11.2. The number of aliphatic hydroxyl groups is 1. The molecule has 4 nitrogen and oxygen atoms in total. The van der Waals surface area contributed by atoms with Crippen molar-refractivity contribution in [2.45, 2.75) is 58.8 Å². The number of alkyl carbamates (subject to hydrolysis) is 1. The van der Waals surface area contributed by atoms with Gasteiger partial charge in [0, 0.05) is 6.04 Å². The number of hydrogen-bond donors (Lipinski definition) is 2. The molecule has 0 radical (unpaired) electrons. The molecular formula is C10H21NO3. The topological polar surface area (TPSA) is 58.6 Å². The number of rotatable bonds is 3. The average molecular weight is 203 g/mol. The normalized spacial score (nSPS) is 15.9. The smallest absolute Gasteiger partial charge is 0.407 e. The number of nitrogens with one attached hydrogen (secondary N) is 1. The Kier molecular flexibility index (Phi) is 4.91. The lowest BCUT2D eigenvalue weighted by molar-refractivity contribution is 0.0493. The lowest BCUT2D eigenvalue weighted by Gasteiger charge is -2.22. The fourth-order valence-electron chi connectivity index (χ4n) is 1.08. The van der Waals surface area contributed by atoms with Crippen molar-refractivity contribution in [2.75, 3.05) is 0 Å². The van der Waals surface area contributed by atoms with E-state index < -0.39 is 17.8 Å². The van der Waals surface area contributed by atoms with Crippen LogP contribution in [0.15, 0.2) is 0 Å². The molecule has 0 saturated carbocycles. The first-order valence-corrected chi connectivity index (χ1v) is 4.88. The van der Waals surface area contributed by atoms with Crippen LogP contribution < -0.4 is 5.32 Å². The maximum Gasteiger partial charge on any atom is 0.407 e. The molecule has 2 atom stereocenters. The first-order valence-electron chi connectivity index (χ1n) is 4.88. The van der Waals surface area contributed by atoms with E-state index in [0.29, 0.717) is 6.42 Å². The first kappa shape index (κ1) is 13.2. The van der Waals surface area contributed by atoms with Crippen LogP contribution in [0.4, 0.5) is 4.79 Å². The van der Waals surface area contributed by atoms with Crippen LogP contribution in [-0.2, 0) is 4.74 Å². The number of aliphatic hydroxyl groups excluding tert-OH is 1. The third-order valence-electron chi connectivity index (χ3n) is 1.46. The van der Waals surface area contributed by atoms with Gasteiger partial charge in [-0.2, -0.15) is 0 Å². The maximum absolute atomic E-state index is 11.2. The van der Waals surface area contributed by atoms with Gasteiger partial charge in [0.15, 0.2) is 0 Å². The highest BCUT2D eigenvalue weighted by Gasteiger charge is 2.17. The second-order valence-electron chi connectivity index (χ2n) is 4.63. The Morgan fingerprint density at radius 2 is 1.93 bits per heavy atom. The van der Waals surface area contributed by atoms with Crippen LogP contribution >= 0.6 is 0 Å². The molecule has 0 heterocycles. The summed E-state index contributed by atoms with van der Waals surface area (Å²) in [5, 5.41) is 11.7. The van der Waals surface area contributed by atoms with E-state index in [2.05, 4.69) is 5.32 Å². The minimum atomic E-state index is -0.478. The van der Waals surface area contributed by atoms with Crippen LogP contribution in [-0.4, -0.2) is 28.9 Å². The predicted octanol–water partition coefficient (Wildman–Crippen LogP) is 1.67. The second-order valence-corrected chi connectivity index (χ2v) is 4.63.